The molecule has 104 valence electrons. The first kappa shape index (κ1) is 11.8. The van der Waals surface area contributed by atoms with E-state index in [2.05, 4.69) is 0 Å². The van der Waals surface area contributed by atoms with Crippen LogP contribution in [0.15, 0.2) is 36.1 Å². The van der Waals surface area contributed by atoms with Crippen LogP contribution >= 0.6 is 0 Å². The van der Waals surface area contributed by atoms with E-state index >= 15 is 0 Å². The van der Waals surface area contributed by atoms with Crippen molar-refractivity contribution in [2.24, 2.45) is 0 Å². The minimum atomic E-state index is -0.750. The van der Waals surface area contributed by atoms with Crippen molar-refractivity contribution < 1.29 is 23.7 Å². The van der Waals surface area contributed by atoms with Gasteiger partial charge in [0.25, 0.3) is 5.79 Å². The van der Waals surface area contributed by atoms with Crippen LogP contribution in [0.3, 0.4) is 0 Å². The number of allylic oxidation sites excluding steroid dienone is 1. The van der Waals surface area contributed by atoms with E-state index in [1.54, 1.807) is 0 Å². The molecule has 3 heterocycles. The van der Waals surface area contributed by atoms with Gasteiger partial charge < -0.3 is 23.7 Å². The van der Waals surface area contributed by atoms with Crippen LogP contribution in [0.4, 0.5) is 0 Å². The lowest BCUT2D eigenvalue weighted by Gasteiger charge is -2.31. The van der Waals surface area contributed by atoms with Crippen LogP contribution in [0.25, 0.3) is 6.08 Å². The van der Waals surface area contributed by atoms with Crippen molar-refractivity contribution in [3.63, 3.8) is 0 Å². The Labute approximate surface area is 116 Å². The van der Waals surface area contributed by atoms with Crippen molar-refractivity contribution in [2.75, 3.05) is 26.6 Å². The first-order chi connectivity index (χ1) is 9.83. The van der Waals surface area contributed by atoms with E-state index in [1.165, 1.54) is 0 Å². The van der Waals surface area contributed by atoms with Gasteiger partial charge in [-0.2, -0.15) is 0 Å². The highest BCUT2D eigenvalue weighted by atomic mass is 16.7. The van der Waals surface area contributed by atoms with Crippen molar-refractivity contribution in [2.45, 2.75) is 5.79 Å². The Balaban J connectivity index is 1.55. The predicted molar refractivity (Wildman–Crippen MR) is 70.3 cm³/mol. The van der Waals surface area contributed by atoms with Crippen LogP contribution in [0.1, 0.15) is 5.56 Å². The van der Waals surface area contributed by atoms with Gasteiger partial charge in [0.2, 0.25) is 6.79 Å². The predicted octanol–water partition coefficient (Wildman–Crippen LogP) is 2.09. The van der Waals surface area contributed by atoms with E-state index in [0.29, 0.717) is 19.8 Å². The summed E-state index contributed by atoms with van der Waals surface area (Å²) in [7, 11) is 0. The molecule has 3 aliphatic heterocycles. The standard InChI is InChI=1S/C15H14O5/c1-2-13-14(18-10-17-13)8-11(1)7-12-3-4-15(20-12)9-16-5-6-19-15/h1-4,7-8H,5-6,9-10H2/b12-7-. The molecule has 1 unspecified atom stereocenters. The zero-order valence-electron chi connectivity index (χ0n) is 10.8. The summed E-state index contributed by atoms with van der Waals surface area (Å²) in [5, 5.41) is 0. The Morgan fingerprint density at radius 1 is 1.10 bits per heavy atom. The number of hydrogen-bond donors (Lipinski definition) is 0. The molecule has 5 nitrogen and oxygen atoms in total. The third-order valence-corrected chi connectivity index (χ3v) is 3.37. The molecule has 1 spiro atoms. The normalized spacial score (nSPS) is 29.1. The molecule has 1 aromatic carbocycles. The average Bonchev–Trinajstić information content (AvgIpc) is 3.07. The van der Waals surface area contributed by atoms with Gasteiger partial charge >= 0.3 is 0 Å². The Morgan fingerprint density at radius 2 is 2.05 bits per heavy atom. The summed E-state index contributed by atoms with van der Waals surface area (Å²) in [5.74, 6) is 1.53. The molecule has 5 heteroatoms. The summed E-state index contributed by atoms with van der Waals surface area (Å²) < 4.78 is 27.5. The minimum Gasteiger partial charge on any atom is -0.456 e. The van der Waals surface area contributed by atoms with E-state index in [9.17, 15) is 0 Å². The monoisotopic (exact) mass is 274 g/mol. The van der Waals surface area contributed by atoms with Crippen LogP contribution < -0.4 is 9.47 Å². The molecule has 0 bridgehead atoms. The van der Waals surface area contributed by atoms with Crippen LogP contribution in [0.2, 0.25) is 0 Å². The lowest BCUT2D eigenvalue weighted by molar-refractivity contribution is -0.239. The third-order valence-electron chi connectivity index (χ3n) is 3.37. The molecule has 0 N–H and O–H groups in total. The van der Waals surface area contributed by atoms with Gasteiger partial charge in [0.05, 0.1) is 13.2 Å². The van der Waals surface area contributed by atoms with Gasteiger partial charge in [0.15, 0.2) is 11.5 Å². The number of ether oxygens (including phenoxy) is 5. The molecule has 0 radical (unpaired) electrons. The van der Waals surface area contributed by atoms with Crippen LogP contribution in [-0.4, -0.2) is 32.4 Å². The maximum absolute atomic E-state index is 5.84. The molecule has 1 saturated heterocycles. The van der Waals surface area contributed by atoms with E-state index in [4.69, 9.17) is 23.7 Å². The lowest BCUT2D eigenvalue weighted by Crippen LogP contribution is -2.41. The number of fused-ring (bicyclic) bond motifs is 1. The van der Waals surface area contributed by atoms with Crippen LogP contribution in [-0.2, 0) is 14.2 Å². The molecule has 1 fully saturated rings. The fraction of sp³-hybridized carbons (Fsp3) is 0.333. The summed E-state index contributed by atoms with van der Waals surface area (Å²) in [4.78, 5) is 0. The quantitative estimate of drug-likeness (QED) is 0.784. The smallest absolute Gasteiger partial charge is 0.254 e. The van der Waals surface area contributed by atoms with Gasteiger partial charge in [-0.15, -0.1) is 0 Å². The Kier molecular flexibility index (Phi) is 2.68. The second-order valence-electron chi connectivity index (χ2n) is 4.81. The maximum Gasteiger partial charge on any atom is 0.254 e. The first-order valence-electron chi connectivity index (χ1n) is 6.54. The van der Waals surface area contributed by atoms with E-state index in [1.807, 2.05) is 36.4 Å². The molecule has 3 aliphatic rings. The lowest BCUT2D eigenvalue weighted by atomic mass is 10.2. The Bertz CT molecular complexity index is 584. The number of hydrogen-bond acceptors (Lipinski definition) is 5. The van der Waals surface area contributed by atoms with E-state index in [0.717, 1.165) is 22.8 Å². The zero-order valence-corrected chi connectivity index (χ0v) is 10.8. The van der Waals surface area contributed by atoms with Crippen molar-refractivity contribution in [1.82, 2.24) is 0 Å². The van der Waals surface area contributed by atoms with Gasteiger partial charge in [-0.25, -0.2) is 0 Å². The van der Waals surface area contributed by atoms with Gasteiger partial charge in [-0.3, -0.25) is 0 Å². The number of benzene rings is 1. The average molecular weight is 274 g/mol. The highest BCUT2D eigenvalue weighted by molar-refractivity contribution is 5.60. The van der Waals surface area contributed by atoms with Gasteiger partial charge in [0.1, 0.15) is 12.4 Å². The Morgan fingerprint density at radius 3 is 2.95 bits per heavy atom. The first-order valence-corrected chi connectivity index (χ1v) is 6.54. The van der Waals surface area contributed by atoms with Crippen molar-refractivity contribution >= 4 is 6.08 Å². The maximum atomic E-state index is 5.84. The molecule has 0 saturated carbocycles. The second-order valence-corrected chi connectivity index (χ2v) is 4.81. The van der Waals surface area contributed by atoms with Crippen LogP contribution in [0, 0.1) is 0 Å². The highest BCUT2D eigenvalue weighted by Crippen LogP contribution is 2.35. The molecule has 1 aromatic rings. The topological polar surface area (TPSA) is 46.2 Å². The van der Waals surface area contributed by atoms with Crippen molar-refractivity contribution in [3.8, 4) is 11.5 Å². The summed E-state index contributed by atoms with van der Waals surface area (Å²) in [6, 6.07) is 5.78. The van der Waals surface area contributed by atoms with Crippen molar-refractivity contribution in [1.29, 1.82) is 0 Å². The molecular formula is C15H14O5. The van der Waals surface area contributed by atoms with Gasteiger partial charge in [0, 0.05) is 0 Å². The summed E-state index contributed by atoms with van der Waals surface area (Å²) >= 11 is 0. The third kappa shape index (κ3) is 2.05. The number of rotatable bonds is 1. The zero-order chi connectivity index (χ0) is 13.4. The second kappa shape index (κ2) is 4.54. The molecule has 4 rings (SSSR count). The SMILES string of the molecule is C1=CC2(COCCO2)O/C1=C\c1ccc2c(c1)OCO2. The van der Waals surface area contributed by atoms with Gasteiger partial charge in [-0.05, 0) is 35.9 Å². The largest absolute Gasteiger partial charge is 0.456 e. The summed E-state index contributed by atoms with van der Waals surface area (Å²) in [6.45, 7) is 1.85. The van der Waals surface area contributed by atoms with E-state index in [-0.39, 0.29) is 6.79 Å². The molecule has 0 amide bonds. The molecule has 1 atom stereocenters. The molecule has 20 heavy (non-hydrogen) atoms. The van der Waals surface area contributed by atoms with Crippen LogP contribution in [0.5, 0.6) is 11.5 Å². The molecule has 0 aliphatic carbocycles. The summed E-state index contributed by atoms with van der Waals surface area (Å²) in [6.07, 6.45) is 5.73. The molecule has 0 aromatic heterocycles. The van der Waals surface area contributed by atoms with Crippen molar-refractivity contribution in [3.05, 3.63) is 41.7 Å². The summed E-state index contributed by atoms with van der Waals surface area (Å²) in [5.41, 5.74) is 0.989. The fourth-order valence-corrected chi connectivity index (χ4v) is 2.41. The Hall–Kier alpha value is -1.98. The van der Waals surface area contributed by atoms with E-state index < -0.39 is 5.79 Å². The van der Waals surface area contributed by atoms with Gasteiger partial charge in [-0.1, -0.05) is 6.07 Å². The fourth-order valence-electron chi connectivity index (χ4n) is 2.41. The minimum absolute atomic E-state index is 0.278. The molecular weight excluding hydrogens is 260 g/mol. The highest BCUT2D eigenvalue weighted by Gasteiger charge is 2.37.